The van der Waals surface area contributed by atoms with Crippen LogP contribution in [0.1, 0.15) is 36.4 Å². The topological polar surface area (TPSA) is 29.3 Å². The van der Waals surface area contributed by atoms with Crippen molar-refractivity contribution in [1.29, 1.82) is 0 Å². The molecule has 1 aromatic rings. The van der Waals surface area contributed by atoms with E-state index in [4.69, 9.17) is 5.73 Å². The van der Waals surface area contributed by atoms with Crippen molar-refractivity contribution in [3.63, 3.8) is 0 Å². The molecule has 0 radical (unpaired) electrons. The number of rotatable bonds is 3. The van der Waals surface area contributed by atoms with Crippen molar-refractivity contribution < 1.29 is 13.2 Å². The average Bonchev–Trinajstić information content (AvgIpc) is 2.39. The van der Waals surface area contributed by atoms with E-state index in [2.05, 4.69) is 4.90 Å². The summed E-state index contributed by atoms with van der Waals surface area (Å²) in [5.74, 6) is 0. The molecule has 0 spiro atoms. The van der Waals surface area contributed by atoms with Crippen LogP contribution in [-0.2, 0) is 6.18 Å². The Hall–Kier alpha value is -1.07. The van der Waals surface area contributed by atoms with Crippen LogP contribution < -0.4 is 5.73 Å². The summed E-state index contributed by atoms with van der Waals surface area (Å²) >= 11 is 0. The molecule has 1 heterocycles. The molecule has 0 aliphatic carbocycles. The number of hydrogen-bond acceptors (Lipinski definition) is 2. The van der Waals surface area contributed by atoms with Crippen LogP contribution in [0.2, 0.25) is 0 Å². The predicted octanol–water partition coefficient (Wildman–Crippen LogP) is 3.19. The van der Waals surface area contributed by atoms with Gasteiger partial charge in [0.05, 0.1) is 5.56 Å². The van der Waals surface area contributed by atoms with E-state index in [1.54, 1.807) is 6.07 Å². The smallest absolute Gasteiger partial charge is 0.323 e. The van der Waals surface area contributed by atoms with Gasteiger partial charge in [0.2, 0.25) is 0 Å². The number of nitrogens with zero attached hydrogens (tertiary/aromatic N) is 1. The fraction of sp³-hybridized carbons (Fsp3) is 0.571. The molecule has 0 bridgehead atoms. The molecule has 2 nitrogen and oxygen atoms in total. The lowest BCUT2D eigenvalue weighted by atomic mass is 10.0. The van der Waals surface area contributed by atoms with E-state index in [0.717, 1.165) is 38.1 Å². The zero-order chi connectivity index (χ0) is 13.9. The van der Waals surface area contributed by atoms with Crippen molar-refractivity contribution in [2.24, 2.45) is 5.73 Å². The summed E-state index contributed by atoms with van der Waals surface area (Å²) in [5, 5.41) is 0. The van der Waals surface area contributed by atoms with E-state index in [1.165, 1.54) is 12.5 Å². The lowest BCUT2D eigenvalue weighted by molar-refractivity contribution is -0.137. The van der Waals surface area contributed by atoms with Crippen molar-refractivity contribution in [2.45, 2.75) is 31.5 Å². The summed E-state index contributed by atoms with van der Waals surface area (Å²) in [6, 6.07) is 4.98. The number of halogens is 3. The number of likely N-dealkylation sites (tertiary alicyclic amines) is 1. The third-order valence-electron chi connectivity index (χ3n) is 3.55. The minimum absolute atomic E-state index is 0.361. The number of benzene rings is 1. The van der Waals surface area contributed by atoms with Gasteiger partial charge in [0.1, 0.15) is 0 Å². The van der Waals surface area contributed by atoms with Gasteiger partial charge in [-0.05, 0) is 43.6 Å². The molecule has 0 amide bonds. The molecule has 0 saturated carbocycles. The first-order valence-corrected chi connectivity index (χ1v) is 6.62. The molecule has 0 aromatic heterocycles. The van der Waals surface area contributed by atoms with E-state index in [1.807, 2.05) is 0 Å². The monoisotopic (exact) mass is 272 g/mol. The molecule has 2 N–H and O–H groups in total. The maximum Gasteiger partial charge on any atom is 0.416 e. The Morgan fingerprint density at radius 3 is 2.47 bits per heavy atom. The first kappa shape index (κ1) is 14.3. The van der Waals surface area contributed by atoms with Crippen LogP contribution >= 0.6 is 0 Å². The van der Waals surface area contributed by atoms with Gasteiger partial charge in [-0.25, -0.2) is 0 Å². The summed E-state index contributed by atoms with van der Waals surface area (Å²) in [6.07, 6.45) is -0.777. The van der Waals surface area contributed by atoms with Crippen LogP contribution in [0, 0.1) is 0 Å². The molecule has 106 valence electrons. The van der Waals surface area contributed by atoms with E-state index in [0.29, 0.717) is 12.1 Å². The van der Waals surface area contributed by atoms with Crippen LogP contribution in [0.5, 0.6) is 0 Å². The SMILES string of the molecule is NC(CN1CCCCC1)c1cccc(C(F)(F)F)c1. The van der Waals surface area contributed by atoms with E-state index in [9.17, 15) is 13.2 Å². The van der Waals surface area contributed by atoms with Gasteiger partial charge in [-0.15, -0.1) is 0 Å². The van der Waals surface area contributed by atoms with Crippen molar-refractivity contribution in [3.05, 3.63) is 35.4 Å². The Kier molecular flexibility index (Phi) is 4.47. The fourth-order valence-corrected chi connectivity index (χ4v) is 2.47. The van der Waals surface area contributed by atoms with Crippen molar-refractivity contribution in [1.82, 2.24) is 4.90 Å². The summed E-state index contributed by atoms with van der Waals surface area (Å²) < 4.78 is 37.9. The maximum atomic E-state index is 12.6. The Bertz CT molecular complexity index is 411. The summed E-state index contributed by atoms with van der Waals surface area (Å²) in [4.78, 5) is 2.23. The molecule has 1 unspecified atom stereocenters. The van der Waals surface area contributed by atoms with Crippen LogP contribution in [-0.4, -0.2) is 24.5 Å². The van der Waals surface area contributed by atoms with Crippen LogP contribution in [0.15, 0.2) is 24.3 Å². The largest absolute Gasteiger partial charge is 0.416 e. The Morgan fingerprint density at radius 1 is 1.16 bits per heavy atom. The average molecular weight is 272 g/mol. The highest BCUT2D eigenvalue weighted by atomic mass is 19.4. The van der Waals surface area contributed by atoms with E-state index >= 15 is 0 Å². The fourth-order valence-electron chi connectivity index (χ4n) is 2.47. The molecule has 5 heteroatoms. The molecule has 1 aromatic carbocycles. The zero-order valence-corrected chi connectivity index (χ0v) is 10.8. The quantitative estimate of drug-likeness (QED) is 0.915. The molecule has 19 heavy (non-hydrogen) atoms. The molecule has 1 atom stereocenters. The van der Waals surface area contributed by atoms with Crippen LogP contribution in [0.25, 0.3) is 0 Å². The maximum absolute atomic E-state index is 12.6. The molecule has 1 saturated heterocycles. The highest BCUT2D eigenvalue weighted by Gasteiger charge is 2.30. The standard InChI is InChI=1S/C14H19F3N2/c15-14(16,17)12-6-4-5-11(9-12)13(18)10-19-7-2-1-3-8-19/h4-6,9,13H,1-3,7-8,10,18H2. The molecule has 1 aliphatic heterocycles. The summed E-state index contributed by atoms with van der Waals surface area (Å²) in [7, 11) is 0. The molecule has 2 rings (SSSR count). The second-order valence-electron chi connectivity index (χ2n) is 5.09. The van der Waals surface area contributed by atoms with E-state index < -0.39 is 11.7 Å². The Balaban J connectivity index is 2.04. The molecular weight excluding hydrogens is 253 g/mol. The third kappa shape index (κ3) is 3.94. The van der Waals surface area contributed by atoms with Crippen molar-refractivity contribution in [2.75, 3.05) is 19.6 Å². The van der Waals surface area contributed by atoms with Gasteiger partial charge in [0.25, 0.3) is 0 Å². The minimum Gasteiger partial charge on any atom is -0.323 e. The van der Waals surface area contributed by atoms with Gasteiger partial charge in [0, 0.05) is 12.6 Å². The minimum atomic E-state index is -4.30. The number of piperidine rings is 1. The first-order valence-electron chi connectivity index (χ1n) is 6.62. The van der Waals surface area contributed by atoms with Gasteiger partial charge in [-0.1, -0.05) is 18.6 Å². The van der Waals surface area contributed by atoms with Crippen molar-refractivity contribution >= 4 is 0 Å². The lowest BCUT2D eigenvalue weighted by Gasteiger charge is -2.29. The van der Waals surface area contributed by atoms with Gasteiger partial charge in [-0.3, -0.25) is 0 Å². The Labute approximate surface area is 111 Å². The van der Waals surface area contributed by atoms with Gasteiger partial charge in [0.15, 0.2) is 0 Å². The second-order valence-corrected chi connectivity index (χ2v) is 5.09. The highest BCUT2D eigenvalue weighted by Crippen LogP contribution is 2.30. The zero-order valence-electron chi connectivity index (χ0n) is 10.8. The third-order valence-corrected chi connectivity index (χ3v) is 3.55. The molecule has 1 fully saturated rings. The molecule has 1 aliphatic rings. The lowest BCUT2D eigenvalue weighted by Crippen LogP contribution is -2.36. The first-order chi connectivity index (χ1) is 8.97. The number of hydrogen-bond donors (Lipinski definition) is 1. The molecular formula is C14H19F3N2. The number of nitrogens with two attached hydrogens (primary N) is 1. The normalized spacial score (nSPS) is 19.4. The van der Waals surface area contributed by atoms with Gasteiger partial charge in [-0.2, -0.15) is 13.2 Å². The van der Waals surface area contributed by atoms with E-state index in [-0.39, 0.29) is 6.04 Å². The van der Waals surface area contributed by atoms with Crippen molar-refractivity contribution in [3.8, 4) is 0 Å². The Morgan fingerprint density at radius 2 is 1.84 bits per heavy atom. The summed E-state index contributed by atoms with van der Waals surface area (Å²) in [5.41, 5.74) is 5.96. The van der Waals surface area contributed by atoms with Crippen LogP contribution in [0.4, 0.5) is 13.2 Å². The van der Waals surface area contributed by atoms with Crippen LogP contribution in [0.3, 0.4) is 0 Å². The second kappa shape index (κ2) is 5.92. The summed E-state index contributed by atoms with van der Waals surface area (Å²) in [6.45, 7) is 2.61. The highest BCUT2D eigenvalue weighted by molar-refractivity contribution is 5.28. The van der Waals surface area contributed by atoms with Gasteiger partial charge < -0.3 is 10.6 Å². The van der Waals surface area contributed by atoms with Gasteiger partial charge >= 0.3 is 6.18 Å². The number of alkyl halides is 3. The predicted molar refractivity (Wildman–Crippen MR) is 68.7 cm³/mol.